The average Bonchev–Trinajstić information content (AvgIpc) is 2.16. The fraction of sp³-hybridized carbons (Fsp3) is 0.714. The van der Waals surface area contributed by atoms with E-state index in [1.165, 1.54) is 0 Å². The molecule has 1 unspecified atom stereocenters. The number of hydrogen-bond acceptors (Lipinski definition) is 5. The van der Waals surface area contributed by atoms with E-state index in [2.05, 4.69) is 35.9 Å². The smallest absolute Gasteiger partial charge is 2.00 e. The van der Waals surface area contributed by atoms with Gasteiger partial charge in [0.15, 0.2) is 0 Å². The number of nitrogens with one attached hydrogen (secondary N) is 2. The van der Waals surface area contributed by atoms with Crippen LogP contribution in [0.25, 0.3) is 0 Å². The largest absolute Gasteiger partial charge is 6.00 e. The van der Waals surface area contributed by atoms with Crippen molar-refractivity contribution in [1.82, 2.24) is 10.6 Å². The molecule has 91 valence electrons. The molecule has 0 saturated heterocycles. The molecule has 0 fully saturated rings. The van der Waals surface area contributed by atoms with E-state index in [0.717, 1.165) is 0 Å². The molecule has 0 aliphatic rings. The number of amides is 1. The van der Waals surface area contributed by atoms with Crippen molar-refractivity contribution in [2.24, 2.45) is 0 Å². The van der Waals surface area contributed by atoms with Crippen LogP contribution < -0.4 is 10.6 Å². The van der Waals surface area contributed by atoms with Gasteiger partial charge in [-0.2, -0.15) is 25.3 Å². The van der Waals surface area contributed by atoms with Gasteiger partial charge in [0.25, 0.3) is 0 Å². The third-order valence-electron chi connectivity index (χ3n) is 1.46. The third kappa shape index (κ3) is 10.7. The Bertz CT molecular complexity index is 209. The molecular formula is C7H14N2O4S2Tc+4. The van der Waals surface area contributed by atoms with Crippen LogP contribution in [-0.2, 0) is 35.2 Å². The second-order valence-electron chi connectivity index (χ2n) is 2.54. The van der Waals surface area contributed by atoms with E-state index in [9.17, 15) is 9.59 Å². The molecule has 16 heavy (non-hydrogen) atoms. The van der Waals surface area contributed by atoms with E-state index in [0.29, 0.717) is 13.1 Å². The first kappa shape index (κ1) is 21.5. The minimum atomic E-state index is -0.944. The molecule has 0 aliphatic carbocycles. The van der Waals surface area contributed by atoms with Gasteiger partial charge in [-0.05, 0) is 0 Å². The van der Waals surface area contributed by atoms with Crippen molar-refractivity contribution in [1.29, 1.82) is 0 Å². The first-order valence-corrected chi connectivity index (χ1v) is 5.33. The van der Waals surface area contributed by atoms with Gasteiger partial charge >= 0.3 is 26.1 Å². The van der Waals surface area contributed by atoms with E-state index in [1.807, 2.05) is 0 Å². The molecule has 0 spiro atoms. The van der Waals surface area contributed by atoms with Crippen molar-refractivity contribution in [3.63, 3.8) is 0 Å². The van der Waals surface area contributed by atoms with Crippen LogP contribution in [0, 0.1) is 0 Å². The minimum Gasteiger partial charge on any atom is -2.00 e. The summed E-state index contributed by atoms with van der Waals surface area (Å²) < 4.78 is 0. The third-order valence-corrected chi connectivity index (χ3v) is 2.11. The van der Waals surface area contributed by atoms with Gasteiger partial charge in [0.05, 0.1) is 5.75 Å². The zero-order valence-corrected chi connectivity index (χ0v) is 12.0. The molecule has 1 radical (unpaired) electrons. The Morgan fingerprint density at radius 3 is 2.19 bits per heavy atom. The molecular weight excluding hydrogens is 339 g/mol. The van der Waals surface area contributed by atoms with Crippen molar-refractivity contribution < 1.29 is 40.3 Å². The van der Waals surface area contributed by atoms with Crippen LogP contribution in [0.2, 0.25) is 0 Å². The second kappa shape index (κ2) is 13.3. The molecule has 0 aliphatic heterocycles. The summed E-state index contributed by atoms with van der Waals surface area (Å²) in [5.74, 6) is -0.765. The molecule has 1 atom stereocenters. The van der Waals surface area contributed by atoms with Crippen molar-refractivity contribution in [3.05, 3.63) is 0 Å². The first-order chi connectivity index (χ1) is 6.61. The van der Waals surface area contributed by atoms with Crippen LogP contribution >= 0.6 is 25.3 Å². The van der Waals surface area contributed by atoms with Gasteiger partial charge in [-0.15, -0.1) is 0 Å². The molecule has 1 amide bonds. The summed E-state index contributed by atoms with van der Waals surface area (Å²) in [7, 11) is 0. The van der Waals surface area contributed by atoms with Crippen LogP contribution in [0.15, 0.2) is 0 Å². The summed E-state index contributed by atoms with van der Waals surface area (Å²) >= 11 is 7.64. The topological polar surface area (TPSA) is 107 Å². The van der Waals surface area contributed by atoms with Crippen molar-refractivity contribution >= 4 is 37.1 Å². The van der Waals surface area contributed by atoms with Crippen molar-refractivity contribution in [2.75, 3.05) is 24.6 Å². The van der Waals surface area contributed by atoms with Crippen molar-refractivity contribution in [3.8, 4) is 0 Å². The van der Waals surface area contributed by atoms with Gasteiger partial charge in [-0.1, -0.05) is 0 Å². The number of carboxylic acid groups (broad SMARTS) is 1. The summed E-state index contributed by atoms with van der Waals surface area (Å²) in [4.78, 5) is 21.2. The summed E-state index contributed by atoms with van der Waals surface area (Å²) in [5, 5.41) is 13.9. The molecule has 0 heterocycles. The fourth-order valence-corrected chi connectivity index (χ4v) is 1.13. The Morgan fingerprint density at radius 2 is 1.81 bits per heavy atom. The standard InChI is InChI=1S/C7H14N2O3S2.O.Tc/c10-6(4-14)9-2-1-8-5(3-13)7(11)12;;/h5,8,13-14H,1-4H2,(H,9,10)(H,11,12);;/q;-2;+6/i;;1+1. The van der Waals surface area contributed by atoms with E-state index >= 15 is 0 Å². The number of carbonyl (C=O) groups is 2. The predicted octanol–water partition coefficient (Wildman–Crippen LogP) is -1.12. The Morgan fingerprint density at radius 1 is 1.25 bits per heavy atom. The van der Waals surface area contributed by atoms with Gasteiger partial charge in [0.1, 0.15) is 6.04 Å². The van der Waals surface area contributed by atoms with Gasteiger partial charge in [0.2, 0.25) is 5.91 Å². The number of rotatable bonds is 7. The average molecular weight is 353 g/mol. The van der Waals surface area contributed by atoms with E-state index in [-0.39, 0.29) is 43.0 Å². The normalized spacial score (nSPS) is 10.6. The second-order valence-corrected chi connectivity index (χ2v) is 3.22. The maximum Gasteiger partial charge on any atom is 6.00 e. The minimum absolute atomic E-state index is 0. The van der Waals surface area contributed by atoms with Gasteiger partial charge < -0.3 is 21.2 Å². The Balaban J connectivity index is -0.000000845. The molecule has 0 aromatic heterocycles. The summed E-state index contributed by atoms with van der Waals surface area (Å²) in [6, 6.07) is -0.675. The Labute approximate surface area is 118 Å². The van der Waals surface area contributed by atoms with Crippen LogP contribution in [-0.4, -0.2) is 47.6 Å². The van der Waals surface area contributed by atoms with E-state index < -0.39 is 12.0 Å². The molecule has 0 saturated carbocycles. The van der Waals surface area contributed by atoms with E-state index in [1.54, 1.807) is 0 Å². The molecule has 0 aromatic rings. The SMILES string of the molecule is O=C(CS)NCCNC(CS)C(=O)O.[99Tc+6].[O-2]. The van der Waals surface area contributed by atoms with Gasteiger partial charge in [-0.25, -0.2) is 0 Å². The maximum atomic E-state index is 10.7. The van der Waals surface area contributed by atoms with Crippen LogP contribution in [0.5, 0.6) is 0 Å². The number of hydrogen-bond donors (Lipinski definition) is 5. The summed E-state index contributed by atoms with van der Waals surface area (Å²) in [6.45, 7) is 0.786. The predicted molar refractivity (Wildman–Crippen MR) is 60.8 cm³/mol. The maximum absolute atomic E-state index is 10.7. The zero-order valence-electron chi connectivity index (χ0n) is 8.35. The fourth-order valence-electron chi connectivity index (χ4n) is 0.734. The molecule has 6 nitrogen and oxygen atoms in total. The zero-order chi connectivity index (χ0) is 11.0. The molecule has 3 N–H and O–H groups in total. The summed E-state index contributed by atoms with van der Waals surface area (Å²) in [5.41, 5.74) is 0. The van der Waals surface area contributed by atoms with Gasteiger partial charge in [-0.3, -0.25) is 9.59 Å². The van der Waals surface area contributed by atoms with Gasteiger partial charge in [0, 0.05) is 18.8 Å². The monoisotopic (exact) mass is 353 g/mol. The number of carboxylic acids is 1. The van der Waals surface area contributed by atoms with Crippen LogP contribution in [0.4, 0.5) is 0 Å². The number of carbonyl (C=O) groups excluding carboxylic acids is 1. The summed E-state index contributed by atoms with van der Waals surface area (Å²) in [6.07, 6.45) is 0. The molecule has 0 aromatic carbocycles. The molecule has 9 heteroatoms. The molecule has 0 rings (SSSR count). The number of aliphatic carboxylic acids is 1. The first-order valence-electron chi connectivity index (χ1n) is 4.06. The van der Waals surface area contributed by atoms with E-state index in [4.69, 9.17) is 5.11 Å². The van der Waals surface area contributed by atoms with Crippen LogP contribution in [0.1, 0.15) is 0 Å². The van der Waals surface area contributed by atoms with Crippen LogP contribution in [0.3, 0.4) is 0 Å². The number of thiol groups is 2. The molecule has 0 bridgehead atoms. The Hall–Kier alpha value is 0.209. The quantitative estimate of drug-likeness (QED) is 0.295. The Kier molecular flexibility index (Phi) is 17.8. The van der Waals surface area contributed by atoms with Crippen molar-refractivity contribution in [2.45, 2.75) is 6.04 Å².